The number of carbonyl (C=O) groups is 2. The molecule has 2 aromatic rings. The van der Waals surface area contributed by atoms with E-state index in [2.05, 4.69) is 20.4 Å². The van der Waals surface area contributed by atoms with E-state index >= 15 is 0 Å². The highest BCUT2D eigenvalue weighted by atomic mass is 19.4. The summed E-state index contributed by atoms with van der Waals surface area (Å²) in [4.78, 5) is 28.3. The molecule has 1 heterocycles. The van der Waals surface area contributed by atoms with E-state index in [-0.39, 0.29) is 24.0 Å². The van der Waals surface area contributed by atoms with E-state index in [0.717, 1.165) is 0 Å². The van der Waals surface area contributed by atoms with Gasteiger partial charge in [-0.05, 0) is 43.7 Å². The number of nitrogens with zero attached hydrogens (tertiary/aromatic N) is 1. The number of aromatic nitrogens is 1. The Balaban J connectivity index is 2.04. The molecule has 0 aliphatic heterocycles. The van der Waals surface area contributed by atoms with Gasteiger partial charge in [0.1, 0.15) is 11.6 Å². The van der Waals surface area contributed by atoms with Crippen LogP contribution in [0.2, 0.25) is 0 Å². The van der Waals surface area contributed by atoms with E-state index in [1.165, 1.54) is 18.2 Å². The Hall–Kier alpha value is -3.10. The molecular weight excluding hydrogens is 387 g/mol. The highest BCUT2D eigenvalue weighted by Gasteiger charge is 2.28. The molecule has 0 saturated carbocycles. The van der Waals surface area contributed by atoms with Crippen molar-refractivity contribution in [1.29, 1.82) is 0 Å². The molecule has 0 aliphatic carbocycles. The number of anilines is 1. The lowest BCUT2D eigenvalue weighted by Crippen LogP contribution is -2.27. The Morgan fingerprint density at radius 3 is 2.41 bits per heavy atom. The second kappa shape index (κ2) is 9.40. The zero-order valence-corrected chi connectivity index (χ0v) is 16.3. The van der Waals surface area contributed by atoms with E-state index in [4.69, 9.17) is 0 Å². The second-order valence-electron chi connectivity index (χ2n) is 6.45. The van der Waals surface area contributed by atoms with Crippen molar-refractivity contribution in [3.8, 4) is 5.75 Å². The van der Waals surface area contributed by atoms with Crippen LogP contribution in [0.5, 0.6) is 5.75 Å². The number of rotatable bonds is 7. The van der Waals surface area contributed by atoms with Crippen molar-refractivity contribution < 1.29 is 27.5 Å². The SMILES string of the molecule is CCC(=O)Nc1cc(C(=O)NC(C)c2ccc(OCC(F)(F)F)cc2)cc(C)n1. The number of amides is 2. The minimum absolute atomic E-state index is 0.0886. The summed E-state index contributed by atoms with van der Waals surface area (Å²) < 4.78 is 41.3. The predicted molar refractivity (Wildman–Crippen MR) is 102 cm³/mol. The van der Waals surface area contributed by atoms with Gasteiger partial charge in [0.25, 0.3) is 5.91 Å². The Labute approximate surface area is 166 Å². The van der Waals surface area contributed by atoms with Crippen molar-refractivity contribution in [2.24, 2.45) is 0 Å². The second-order valence-corrected chi connectivity index (χ2v) is 6.45. The number of hydrogen-bond acceptors (Lipinski definition) is 4. The molecule has 0 bridgehead atoms. The molecular formula is C20H22F3N3O3. The maximum Gasteiger partial charge on any atom is 0.422 e. The number of benzene rings is 1. The van der Waals surface area contributed by atoms with Gasteiger partial charge in [-0.15, -0.1) is 0 Å². The molecule has 2 N–H and O–H groups in total. The number of hydrogen-bond donors (Lipinski definition) is 2. The fourth-order valence-electron chi connectivity index (χ4n) is 2.48. The zero-order chi connectivity index (χ0) is 21.6. The van der Waals surface area contributed by atoms with Crippen LogP contribution in [0.1, 0.15) is 47.9 Å². The van der Waals surface area contributed by atoms with Crippen LogP contribution in [-0.4, -0.2) is 29.6 Å². The van der Waals surface area contributed by atoms with Crippen molar-refractivity contribution in [3.05, 3.63) is 53.2 Å². The van der Waals surface area contributed by atoms with Crippen molar-refractivity contribution in [3.63, 3.8) is 0 Å². The average Bonchev–Trinajstić information content (AvgIpc) is 2.65. The van der Waals surface area contributed by atoms with E-state index in [1.807, 2.05) is 0 Å². The first kappa shape index (κ1) is 22.2. The van der Waals surface area contributed by atoms with E-state index < -0.39 is 18.8 Å². The van der Waals surface area contributed by atoms with Crippen LogP contribution >= 0.6 is 0 Å². The summed E-state index contributed by atoms with van der Waals surface area (Å²) in [6.45, 7) is 3.80. The molecule has 9 heteroatoms. The summed E-state index contributed by atoms with van der Waals surface area (Å²) in [6, 6.07) is 8.68. The molecule has 1 unspecified atom stereocenters. The fourth-order valence-corrected chi connectivity index (χ4v) is 2.48. The summed E-state index contributed by atoms with van der Waals surface area (Å²) in [5.74, 6) is -0.199. The molecule has 2 amide bonds. The molecule has 6 nitrogen and oxygen atoms in total. The van der Waals surface area contributed by atoms with Crippen LogP contribution in [-0.2, 0) is 4.79 Å². The molecule has 0 radical (unpaired) electrons. The van der Waals surface area contributed by atoms with E-state index in [9.17, 15) is 22.8 Å². The first-order valence-corrected chi connectivity index (χ1v) is 8.96. The number of carbonyl (C=O) groups excluding carboxylic acids is 2. The minimum Gasteiger partial charge on any atom is -0.484 e. The average molecular weight is 409 g/mol. The van der Waals surface area contributed by atoms with E-state index in [0.29, 0.717) is 22.6 Å². The number of pyridine rings is 1. The summed E-state index contributed by atoms with van der Waals surface area (Å²) in [5, 5.41) is 5.43. The van der Waals surface area contributed by atoms with Gasteiger partial charge >= 0.3 is 6.18 Å². The smallest absolute Gasteiger partial charge is 0.422 e. The summed E-state index contributed by atoms with van der Waals surface area (Å²) in [7, 11) is 0. The third-order valence-corrected chi connectivity index (χ3v) is 3.93. The molecule has 1 atom stereocenters. The summed E-state index contributed by atoms with van der Waals surface area (Å²) >= 11 is 0. The zero-order valence-electron chi connectivity index (χ0n) is 16.3. The van der Waals surface area contributed by atoms with Crippen molar-refractivity contribution >= 4 is 17.6 Å². The van der Waals surface area contributed by atoms with Crippen LogP contribution < -0.4 is 15.4 Å². The third-order valence-electron chi connectivity index (χ3n) is 3.93. The maximum atomic E-state index is 12.6. The van der Waals surface area contributed by atoms with Gasteiger partial charge in [-0.3, -0.25) is 9.59 Å². The van der Waals surface area contributed by atoms with Crippen molar-refractivity contribution in [2.45, 2.75) is 39.4 Å². The molecule has 2 rings (SSSR count). The molecule has 1 aromatic heterocycles. The fraction of sp³-hybridized carbons (Fsp3) is 0.350. The Morgan fingerprint density at radius 1 is 1.17 bits per heavy atom. The quantitative estimate of drug-likeness (QED) is 0.719. The summed E-state index contributed by atoms with van der Waals surface area (Å²) in [6.07, 6.45) is -4.12. The number of alkyl halides is 3. The van der Waals surface area contributed by atoms with Gasteiger partial charge in [-0.25, -0.2) is 4.98 Å². The van der Waals surface area contributed by atoms with Crippen molar-refractivity contribution in [1.82, 2.24) is 10.3 Å². The van der Waals surface area contributed by atoms with E-state index in [1.54, 1.807) is 39.0 Å². The van der Waals surface area contributed by atoms with Crippen LogP contribution in [0.15, 0.2) is 36.4 Å². The molecule has 0 spiro atoms. The number of nitrogens with one attached hydrogen (secondary N) is 2. The Bertz CT molecular complexity index is 868. The van der Waals surface area contributed by atoms with Gasteiger partial charge in [-0.1, -0.05) is 19.1 Å². The van der Waals surface area contributed by atoms with Crippen LogP contribution in [0.4, 0.5) is 19.0 Å². The molecule has 0 saturated heterocycles. The topological polar surface area (TPSA) is 80.3 Å². The largest absolute Gasteiger partial charge is 0.484 e. The monoisotopic (exact) mass is 409 g/mol. The van der Waals surface area contributed by atoms with Gasteiger partial charge in [0.2, 0.25) is 5.91 Å². The first-order valence-electron chi connectivity index (χ1n) is 8.96. The molecule has 0 aliphatic rings. The van der Waals surface area contributed by atoms with Gasteiger partial charge in [0.15, 0.2) is 6.61 Å². The van der Waals surface area contributed by atoms with Gasteiger partial charge in [0, 0.05) is 17.7 Å². The number of aryl methyl sites for hydroxylation is 1. The third kappa shape index (κ3) is 7.10. The standard InChI is InChI=1S/C20H22F3N3O3/c1-4-18(27)26-17-10-15(9-12(2)24-17)19(28)25-13(3)14-5-7-16(8-6-14)29-11-20(21,22)23/h5-10,13H,4,11H2,1-3H3,(H,25,28)(H,24,26,27). The normalized spacial score (nSPS) is 12.2. The van der Waals surface area contributed by atoms with Crippen LogP contribution in [0.3, 0.4) is 0 Å². The molecule has 0 fully saturated rings. The lowest BCUT2D eigenvalue weighted by atomic mass is 10.1. The Kier molecular flexibility index (Phi) is 7.19. The first-order chi connectivity index (χ1) is 13.6. The number of halogens is 3. The predicted octanol–water partition coefficient (Wildman–Crippen LogP) is 4.17. The lowest BCUT2D eigenvalue weighted by Gasteiger charge is -2.16. The van der Waals surface area contributed by atoms with Gasteiger partial charge in [0.05, 0.1) is 6.04 Å². The maximum absolute atomic E-state index is 12.6. The lowest BCUT2D eigenvalue weighted by molar-refractivity contribution is -0.153. The molecule has 156 valence electrons. The number of ether oxygens (including phenoxy) is 1. The Morgan fingerprint density at radius 2 is 1.83 bits per heavy atom. The summed E-state index contributed by atoms with van der Waals surface area (Å²) in [5.41, 5.74) is 1.60. The van der Waals surface area contributed by atoms with Gasteiger partial charge in [-0.2, -0.15) is 13.2 Å². The van der Waals surface area contributed by atoms with Crippen molar-refractivity contribution in [2.75, 3.05) is 11.9 Å². The highest BCUT2D eigenvalue weighted by Crippen LogP contribution is 2.21. The van der Waals surface area contributed by atoms with Crippen LogP contribution in [0.25, 0.3) is 0 Å². The molecule has 1 aromatic carbocycles. The van der Waals surface area contributed by atoms with Gasteiger partial charge < -0.3 is 15.4 Å². The molecule has 29 heavy (non-hydrogen) atoms. The van der Waals surface area contributed by atoms with Crippen LogP contribution in [0, 0.1) is 6.92 Å². The minimum atomic E-state index is -4.40. The highest BCUT2D eigenvalue weighted by molar-refractivity contribution is 5.96.